The fraction of sp³-hybridized carbons (Fsp3) is 0.700. The molecule has 4 nitrogen and oxygen atoms in total. The SMILES string of the molecule is C=CCC(N)C(=O)N1CCC(C)(O)C1. The van der Waals surface area contributed by atoms with Crippen LogP contribution < -0.4 is 5.73 Å². The van der Waals surface area contributed by atoms with Gasteiger partial charge in [0, 0.05) is 13.1 Å². The Hall–Kier alpha value is -0.870. The predicted octanol–water partition coefficient (Wildman–Crippen LogP) is -0.127. The van der Waals surface area contributed by atoms with E-state index in [0.717, 1.165) is 0 Å². The summed E-state index contributed by atoms with van der Waals surface area (Å²) in [5.41, 5.74) is 4.91. The molecule has 1 aliphatic heterocycles. The monoisotopic (exact) mass is 198 g/mol. The molecule has 0 aromatic heterocycles. The molecule has 1 saturated heterocycles. The fourth-order valence-corrected chi connectivity index (χ4v) is 1.65. The van der Waals surface area contributed by atoms with Gasteiger partial charge in [0.15, 0.2) is 0 Å². The molecule has 0 saturated carbocycles. The van der Waals surface area contributed by atoms with E-state index >= 15 is 0 Å². The second-order valence-corrected chi connectivity index (χ2v) is 4.14. The zero-order valence-electron chi connectivity index (χ0n) is 8.57. The van der Waals surface area contributed by atoms with Crippen LogP contribution in [0.5, 0.6) is 0 Å². The van der Waals surface area contributed by atoms with E-state index < -0.39 is 11.6 Å². The Labute approximate surface area is 84.4 Å². The third kappa shape index (κ3) is 2.56. The Bertz CT molecular complexity index is 238. The molecule has 4 heteroatoms. The largest absolute Gasteiger partial charge is 0.388 e. The maximum Gasteiger partial charge on any atom is 0.239 e. The maximum atomic E-state index is 11.7. The number of hydrogen-bond donors (Lipinski definition) is 2. The minimum absolute atomic E-state index is 0.0947. The summed E-state index contributed by atoms with van der Waals surface area (Å²) in [4.78, 5) is 13.3. The number of carbonyl (C=O) groups excluding carboxylic acids is 1. The minimum Gasteiger partial charge on any atom is -0.388 e. The highest BCUT2D eigenvalue weighted by Crippen LogP contribution is 2.20. The second-order valence-electron chi connectivity index (χ2n) is 4.14. The smallest absolute Gasteiger partial charge is 0.239 e. The number of amides is 1. The second kappa shape index (κ2) is 4.11. The van der Waals surface area contributed by atoms with E-state index in [-0.39, 0.29) is 5.91 Å². The summed E-state index contributed by atoms with van der Waals surface area (Å²) < 4.78 is 0. The molecule has 14 heavy (non-hydrogen) atoms. The highest BCUT2D eigenvalue weighted by atomic mass is 16.3. The van der Waals surface area contributed by atoms with E-state index in [1.54, 1.807) is 17.9 Å². The van der Waals surface area contributed by atoms with Gasteiger partial charge in [-0.05, 0) is 19.8 Å². The molecule has 2 unspecified atom stereocenters. The molecular formula is C10H18N2O2. The van der Waals surface area contributed by atoms with E-state index in [1.165, 1.54) is 0 Å². The van der Waals surface area contributed by atoms with Crippen LogP contribution in [0.15, 0.2) is 12.7 Å². The molecule has 1 aliphatic rings. The van der Waals surface area contributed by atoms with Crippen LogP contribution in [0.1, 0.15) is 19.8 Å². The van der Waals surface area contributed by atoms with E-state index in [2.05, 4.69) is 6.58 Å². The van der Waals surface area contributed by atoms with Gasteiger partial charge in [-0.2, -0.15) is 0 Å². The van der Waals surface area contributed by atoms with Gasteiger partial charge in [-0.25, -0.2) is 0 Å². The van der Waals surface area contributed by atoms with Crippen molar-refractivity contribution in [2.24, 2.45) is 5.73 Å². The van der Waals surface area contributed by atoms with Crippen molar-refractivity contribution < 1.29 is 9.90 Å². The van der Waals surface area contributed by atoms with Gasteiger partial charge in [0.25, 0.3) is 0 Å². The molecule has 0 aromatic rings. The number of carbonyl (C=O) groups is 1. The highest BCUT2D eigenvalue weighted by molar-refractivity contribution is 5.82. The van der Waals surface area contributed by atoms with Crippen molar-refractivity contribution in [1.82, 2.24) is 4.90 Å². The van der Waals surface area contributed by atoms with Gasteiger partial charge < -0.3 is 15.7 Å². The molecule has 1 rings (SSSR count). The zero-order chi connectivity index (χ0) is 10.8. The molecule has 0 aliphatic carbocycles. The van der Waals surface area contributed by atoms with Crippen LogP contribution in [0.2, 0.25) is 0 Å². The van der Waals surface area contributed by atoms with Gasteiger partial charge in [-0.15, -0.1) is 6.58 Å². The lowest BCUT2D eigenvalue weighted by molar-refractivity contribution is -0.132. The summed E-state index contributed by atoms with van der Waals surface area (Å²) in [6, 6.07) is -0.513. The summed E-state index contributed by atoms with van der Waals surface area (Å²) in [6.45, 7) is 6.25. The maximum absolute atomic E-state index is 11.7. The van der Waals surface area contributed by atoms with Gasteiger partial charge in [-0.3, -0.25) is 4.79 Å². The lowest BCUT2D eigenvalue weighted by atomic mass is 10.1. The van der Waals surface area contributed by atoms with Gasteiger partial charge in [0.05, 0.1) is 11.6 Å². The molecule has 80 valence electrons. The topological polar surface area (TPSA) is 66.6 Å². The minimum atomic E-state index is -0.746. The van der Waals surface area contributed by atoms with Crippen molar-refractivity contribution in [3.8, 4) is 0 Å². The molecule has 0 aromatic carbocycles. The molecule has 3 N–H and O–H groups in total. The van der Waals surface area contributed by atoms with Crippen molar-refractivity contribution in [3.63, 3.8) is 0 Å². The van der Waals surface area contributed by atoms with Crippen molar-refractivity contribution in [1.29, 1.82) is 0 Å². The van der Waals surface area contributed by atoms with Crippen LogP contribution in [-0.2, 0) is 4.79 Å². The summed E-state index contributed by atoms with van der Waals surface area (Å²) in [5.74, 6) is -0.0947. The zero-order valence-corrected chi connectivity index (χ0v) is 8.57. The number of nitrogens with two attached hydrogens (primary N) is 1. The summed E-state index contributed by atoms with van der Waals surface area (Å²) >= 11 is 0. The normalized spacial score (nSPS) is 28.9. The molecule has 0 spiro atoms. The summed E-state index contributed by atoms with van der Waals surface area (Å²) in [7, 11) is 0. The first-order valence-electron chi connectivity index (χ1n) is 4.84. The number of β-amino-alcohol motifs (C(OH)–C–C–N with tert-alkyl or cyclic N) is 1. The molecule has 1 fully saturated rings. The van der Waals surface area contributed by atoms with Crippen LogP contribution in [0.3, 0.4) is 0 Å². The van der Waals surface area contributed by atoms with Crippen molar-refractivity contribution in [3.05, 3.63) is 12.7 Å². The first kappa shape index (κ1) is 11.2. The lowest BCUT2D eigenvalue weighted by Gasteiger charge is -2.21. The van der Waals surface area contributed by atoms with E-state index in [9.17, 15) is 9.90 Å². The van der Waals surface area contributed by atoms with Crippen LogP contribution in [0.4, 0.5) is 0 Å². The predicted molar refractivity (Wildman–Crippen MR) is 54.6 cm³/mol. The van der Waals surface area contributed by atoms with E-state index in [4.69, 9.17) is 5.73 Å². The Morgan fingerprint density at radius 3 is 2.93 bits per heavy atom. The molecule has 2 atom stereocenters. The van der Waals surface area contributed by atoms with Crippen molar-refractivity contribution >= 4 is 5.91 Å². The average molecular weight is 198 g/mol. The Morgan fingerprint density at radius 2 is 2.50 bits per heavy atom. The Morgan fingerprint density at radius 1 is 1.86 bits per heavy atom. The Kier molecular flexibility index (Phi) is 3.29. The third-order valence-electron chi connectivity index (χ3n) is 2.50. The molecular weight excluding hydrogens is 180 g/mol. The third-order valence-corrected chi connectivity index (χ3v) is 2.50. The number of likely N-dealkylation sites (tertiary alicyclic amines) is 1. The van der Waals surface area contributed by atoms with E-state index in [0.29, 0.717) is 25.9 Å². The fourth-order valence-electron chi connectivity index (χ4n) is 1.65. The number of rotatable bonds is 3. The average Bonchev–Trinajstić information content (AvgIpc) is 2.45. The number of aliphatic hydroxyl groups is 1. The van der Waals surface area contributed by atoms with Crippen LogP contribution >= 0.6 is 0 Å². The van der Waals surface area contributed by atoms with Gasteiger partial charge in [0.2, 0.25) is 5.91 Å². The van der Waals surface area contributed by atoms with Crippen LogP contribution in [0, 0.1) is 0 Å². The van der Waals surface area contributed by atoms with Crippen LogP contribution in [0.25, 0.3) is 0 Å². The molecule has 1 amide bonds. The highest BCUT2D eigenvalue weighted by Gasteiger charge is 2.35. The summed E-state index contributed by atoms with van der Waals surface area (Å²) in [5, 5.41) is 9.67. The number of nitrogens with zero attached hydrogens (tertiary/aromatic N) is 1. The van der Waals surface area contributed by atoms with Crippen molar-refractivity contribution in [2.45, 2.75) is 31.4 Å². The Balaban J connectivity index is 2.51. The first-order valence-corrected chi connectivity index (χ1v) is 4.84. The van der Waals surface area contributed by atoms with Gasteiger partial charge in [-0.1, -0.05) is 6.08 Å². The van der Waals surface area contributed by atoms with Gasteiger partial charge in [0.1, 0.15) is 0 Å². The van der Waals surface area contributed by atoms with E-state index in [1.807, 2.05) is 0 Å². The standard InChI is InChI=1S/C10H18N2O2/c1-3-4-8(11)9(13)12-6-5-10(2,14)7-12/h3,8,14H,1,4-7,11H2,2H3. The van der Waals surface area contributed by atoms with Gasteiger partial charge >= 0.3 is 0 Å². The quantitative estimate of drug-likeness (QED) is 0.621. The molecule has 0 bridgehead atoms. The summed E-state index contributed by atoms with van der Waals surface area (Å²) in [6.07, 6.45) is 2.74. The lowest BCUT2D eigenvalue weighted by Crippen LogP contribution is -2.43. The first-order chi connectivity index (χ1) is 6.46. The molecule has 1 heterocycles. The number of hydrogen-bond acceptors (Lipinski definition) is 3. The van der Waals surface area contributed by atoms with Crippen molar-refractivity contribution in [2.75, 3.05) is 13.1 Å². The molecule has 0 radical (unpaired) electrons. The van der Waals surface area contributed by atoms with Crippen LogP contribution in [-0.4, -0.2) is 40.6 Å².